The zero-order valence-electron chi connectivity index (χ0n) is 9.40. The summed E-state index contributed by atoms with van der Waals surface area (Å²) in [6.45, 7) is 1.52. The number of aliphatic imine (C=N–C) groups is 1. The molecule has 1 amide bonds. The van der Waals surface area contributed by atoms with Gasteiger partial charge in [-0.2, -0.15) is 0 Å². The first-order valence-corrected chi connectivity index (χ1v) is 6.21. The lowest BCUT2D eigenvalue weighted by atomic mass is 9.88. The van der Waals surface area contributed by atoms with Crippen LogP contribution in [0, 0.1) is 0 Å². The van der Waals surface area contributed by atoms with E-state index in [0.717, 1.165) is 30.4 Å². The van der Waals surface area contributed by atoms with E-state index in [9.17, 15) is 4.79 Å². The smallest absolute Gasteiger partial charge is 0.228 e. The fourth-order valence-corrected chi connectivity index (χ4v) is 2.65. The van der Waals surface area contributed by atoms with E-state index in [4.69, 9.17) is 11.6 Å². The van der Waals surface area contributed by atoms with Gasteiger partial charge in [0.05, 0.1) is 6.54 Å². The molecule has 2 heterocycles. The zero-order valence-corrected chi connectivity index (χ0v) is 10.2. The molecule has 17 heavy (non-hydrogen) atoms. The molecule has 1 saturated heterocycles. The Morgan fingerprint density at radius 3 is 2.76 bits per heavy atom. The highest BCUT2D eigenvalue weighted by Gasteiger charge is 2.33. The summed E-state index contributed by atoms with van der Waals surface area (Å²) in [5, 5.41) is 0.732. The maximum atomic E-state index is 11.9. The molecule has 88 valence electrons. The van der Waals surface area contributed by atoms with E-state index in [1.54, 1.807) is 0 Å². The van der Waals surface area contributed by atoms with Crippen LogP contribution in [0.5, 0.6) is 0 Å². The minimum Gasteiger partial charge on any atom is -0.299 e. The number of carbonyl (C=O) groups is 1. The summed E-state index contributed by atoms with van der Waals surface area (Å²) in [5.74, 6) is 1.42. The van der Waals surface area contributed by atoms with E-state index in [1.165, 1.54) is 5.56 Å². The van der Waals surface area contributed by atoms with Crippen molar-refractivity contribution in [1.29, 1.82) is 0 Å². The molecule has 3 nitrogen and oxygen atoms in total. The lowest BCUT2D eigenvalue weighted by Gasteiger charge is -2.29. The number of piperidine rings is 1. The third-order valence-electron chi connectivity index (χ3n) is 3.42. The van der Waals surface area contributed by atoms with Crippen LogP contribution in [0.15, 0.2) is 29.3 Å². The molecule has 0 bridgehead atoms. The van der Waals surface area contributed by atoms with Crippen LogP contribution in [0.3, 0.4) is 0 Å². The molecule has 1 aromatic carbocycles. The first-order valence-electron chi connectivity index (χ1n) is 5.83. The standard InChI is InChI=1S/C13H13ClN2O/c14-11-3-1-9(2-4-11)10-7-12-15-5-6-16(12)13(17)8-10/h1-4,10H,5-8H2. The molecule has 2 aliphatic heterocycles. The van der Waals surface area contributed by atoms with Crippen molar-refractivity contribution in [3.8, 4) is 0 Å². The fraction of sp³-hybridized carbons (Fsp3) is 0.385. The van der Waals surface area contributed by atoms with E-state index in [-0.39, 0.29) is 11.8 Å². The van der Waals surface area contributed by atoms with E-state index < -0.39 is 0 Å². The van der Waals surface area contributed by atoms with Crippen LogP contribution in [0.1, 0.15) is 24.3 Å². The molecule has 1 aromatic rings. The first-order chi connectivity index (χ1) is 8.24. The maximum absolute atomic E-state index is 11.9. The molecule has 1 fully saturated rings. The summed E-state index contributed by atoms with van der Waals surface area (Å²) >= 11 is 5.87. The number of benzene rings is 1. The quantitative estimate of drug-likeness (QED) is 0.752. The van der Waals surface area contributed by atoms with Crippen molar-refractivity contribution in [3.63, 3.8) is 0 Å². The molecular weight excluding hydrogens is 236 g/mol. The summed E-state index contributed by atoms with van der Waals surface area (Å²) in [5.41, 5.74) is 1.18. The maximum Gasteiger partial charge on any atom is 0.228 e. The van der Waals surface area contributed by atoms with Crippen LogP contribution in [0.2, 0.25) is 5.02 Å². The number of rotatable bonds is 1. The van der Waals surface area contributed by atoms with Gasteiger partial charge >= 0.3 is 0 Å². The number of amidine groups is 1. The Morgan fingerprint density at radius 1 is 1.24 bits per heavy atom. The van der Waals surface area contributed by atoms with Gasteiger partial charge in [0.25, 0.3) is 0 Å². The van der Waals surface area contributed by atoms with E-state index in [1.807, 2.05) is 29.2 Å². The highest BCUT2D eigenvalue weighted by atomic mass is 35.5. The molecule has 2 aliphatic rings. The van der Waals surface area contributed by atoms with Crippen LogP contribution in [-0.2, 0) is 4.79 Å². The highest BCUT2D eigenvalue weighted by molar-refractivity contribution is 6.30. The van der Waals surface area contributed by atoms with Gasteiger partial charge in [0, 0.05) is 24.4 Å². The predicted molar refractivity (Wildman–Crippen MR) is 67.4 cm³/mol. The van der Waals surface area contributed by atoms with Crippen molar-refractivity contribution in [3.05, 3.63) is 34.9 Å². The Morgan fingerprint density at radius 2 is 2.00 bits per heavy atom. The Kier molecular flexibility index (Phi) is 2.63. The zero-order chi connectivity index (χ0) is 11.8. The van der Waals surface area contributed by atoms with Gasteiger partial charge in [-0.1, -0.05) is 23.7 Å². The van der Waals surface area contributed by atoms with Gasteiger partial charge in [0.1, 0.15) is 5.84 Å². The van der Waals surface area contributed by atoms with Crippen molar-refractivity contribution in [2.75, 3.05) is 13.1 Å². The Labute approximate surface area is 105 Å². The van der Waals surface area contributed by atoms with E-state index >= 15 is 0 Å². The van der Waals surface area contributed by atoms with Crippen molar-refractivity contribution >= 4 is 23.3 Å². The summed E-state index contributed by atoms with van der Waals surface area (Å²) in [7, 11) is 0. The molecule has 1 unspecified atom stereocenters. The summed E-state index contributed by atoms with van der Waals surface area (Å²) in [6, 6.07) is 7.77. The van der Waals surface area contributed by atoms with Gasteiger partial charge in [0.2, 0.25) is 5.91 Å². The van der Waals surface area contributed by atoms with Gasteiger partial charge < -0.3 is 0 Å². The lowest BCUT2D eigenvalue weighted by Crippen LogP contribution is -2.40. The van der Waals surface area contributed by atoms with Crippen LogP contribution in [0.4, 0.5) is 0 Å². The number of nitrogens with zero attached hydrogens (tertiary/aromatic N) is 2. The number of fused-ring (bicyclic) bond motifs is 1. The molecule has 0 saturated carbocycles. The SMILES string of the molecule is O=C1CC(c2ccc(Cl)cc2)CC2=NCCN12. The van der Waals surface area contributed by atoms with Crippen molar-refractivity contribution in [1.82, 2.24) is 4.90 Å². The highest BCUT2D eigenvalue weighted by Crippen LogP contribution is 2.31. The monoisotopic (exact) mass is 248 g/mol. The lowest BCUT2D eigenvalue weighted by molar-refractivity contribution is -0.128. The Bertz CT molecular complexity index is 481. The number of hydrogen-bond acceptors (Lipinski definition) is 2. The molecule has 0 spiro atoms. The van der Waals surface area contributed by atoms with Gasteiger partial charge in [-0.25, -0.2) is 0 Å². The Balaban J connectivity index is 1.85. The average Bonchev–Trinajstić information content (AvgIpc) is 2.78. The molecule has 0 aliphatic carbocycles. The molecule has 3 rings (SSSR count). The number of hydrogen-bond donors (Lipinski definition) is 0. The van der Waals surface area contributed by atoms with Gasteiger partial charge in [-0.15, -0.1) is 0 Å². The topological polar surface area (TPSA) is 32.7 Å². The molecule has 0 N–H and O–H groups in total. The van der Waals surface area contributed by atoms with E-state index in [0.29, 0.717) is 6.42 Å². The fourth-order valence-electron chi connectivity index (χ4n) is 2.52. The van der Waals surface area contributed by atoms with Crippen LogP contribution in [0.25, 0.3) is 0 Å². The van der Waals surface area contributed by atoms with Crippen molar-refractivity contribution < 1.29 is 4.79 Å². The van der Waals surface area contributed by atoms with Gasteiger partial charge in [-0.05, 0) is 23.6 Å². The minimum atomic E-state index is 0.201. The van der Waals surface area contributed by atoms with Crippen LogP contribution in [-0.4, -0.2) is 29.7 Å². The summed E-state index contributed by atoms with van der Waals surface area (Å²) in [4.78, 5) is 18.2. The number of halogens is 1. The third kappa shape index (κ3) is 1.95. The average molecular weight is 249 g/mol. The predicted octanol–water partition coefficient (Wildman–Crippen LogP) is 2.46. The molecule has 0 radical (unpaired) electrons. The number of amides is 1. The van der Waals surface area contributed by atoms with Crippen LogP contribution >= 0.6 is 11.6 Å². The molecule has 4 heteroatoms. The van der Waals surface area contributed by atoms with Gasteiger partial charge in [0.15, 0.2) is 0 Å². The second kappa shape index (κ2) is 4.15. The summed E-state index contributed by atoms with van der Waals surface area (Å²) < 4.78 is 0. The summed E-state index contributed by atoms with van der Waals surface area (Å²) in [6.07, 6.45) is 1.45. The molecule has 1 atom stereocenters. The second-order valence-electron chi connectivity index (χ2n) is 4.50. The second-order valence-corrected chi connectivity index (χ2v) is 4.94. The Hall–Kier alpha value is -1.35. The number of carbonyl (C=O) groups excluding carboxylic acids is 1. The minimum absolute atomic E-state index is 0.201. The van der Waals surface area contributed by atoms with Crippen LogP contribution < -0.4 is 0 Å². The first kappa shape index (κ1) is 10.8. The largest absolute Gasteiger partial charge is 0.299 e. The third-order valence-corrected chi connectivity index (χ3v) is 3.67. The van der Waals surface area contributed by atoms with Crippen molar-refractivity contribution in [2.24, 2.45) is 4.99 Å². The normalized spacial score (nSPS) is 23.6. The molecular formula is C13H13ClN2O. The van der Waals surface area contributed by atoms with E-state index in [2.05, 4.69) is 4.99 Å². The van der Waals surface area contributed by atoms with Crippen molar-refractivity contribution in [2.45, 2.75) is 18.8 Å². The van der Waals surface area contributed by atoms with Gasteiger partial charge in [-0.3, -0.25) is 14.7 Å². The molecule has 0 aromatic heterocycles.